The third kappa shape index (κ3) is 5.82. The van der Waals surface area contributed by atoms with E-state index in [1.165, 1.54) is 5.56 Å². The van der Waals surface area contributed by atoms with Crippen molar-refractivity contribution in [2.24, 2.45) is 0 Å². The van der Waals surface area contributed by atoms with Gasteiger partial charge >= 0.3 is 0 Å². The van der Waals surface area contributed by atoms with Crippen molar-refractivity contribution >= 4 is 21.8 Å². The minimum absolute atomic E-state index is 0.0389. The summed E-state index contributed by atoms with van der Waals surface area (Å²) in [6.45, 7) is 8.92. The van der Waals surface area contributed by atoms with Crippen molar-refractivity contribution in [2.75, 3.05) is 11.5 Å². The Morgan fingerprint density at radius 3 is 2.23 bits per heavy atom. The van der Waals surface area contributed by atoms with E-state index in [1.54, 1.807) is 17.1 Å². The molecule has 2 aromatic rings. The first-order valence-electron chi connectivity index (χ1n) is 10.4. The number of sulfone groups is 1. The largest absolute Gasteiger partial charge is 0.331 e. The molecule has 1 unspecified atom stereocenters. The number of rotatable bonds is 5. The Kier molecular flexibility index (Phi) is 6.51. The molecule has 0 saturated carbocycles. The van der Waals surface area contributed by atoms with Crippen LogP contribution < -0.4 is 0 Å². The van der Waals surface area contributed by atoms with Crippen molar-refractivity contribution in [3.05, 3.63) is 76.9 Å². The molecule has 0 radical (unpaired) electrons. The van der Waals surface area contributed by atoms with Crippen molar-refractivity contribution in [1.82, 2.24) is 4.90 Å². The van der Waals surface area contributed by atoms with Gasteiger partial charge in [0.2, 0.25) is 5.91 Å². The van der Waals surface area contributed by atoms with E-state index in [2.05, 4.69) is 32.9 Å². The first-order chi connectivity index (χ1) is 14.0. The van der Waals surface area contributed by atoms with Gasteiger partial charge in [-0.05, 0) is 41.5 Å². The summed E-state index contributed by atoms with van der Waals surface area (Å²) < 4.78 is 24.1. The molecule has 1 aliphatic rings. The first-order valence-corrected chi connectivity index (χ1v) is 12.2. The van der Waals surface area contributed by atoms with E-state index in [1.807, 2.05) is 43.3 Å². The average Bonchev–Trinajstić information content (AvgIpc) is 3.04. The highest BCUT2D eigenvalue weighted by molar-refractivity contribution is 7.91. The van der Waals surface area contributed by atoms with Crippen LogP contribution in [0.15, 0.2) is 54.6 Å². The molecule has 1 fully saturated rings. The molecule has 4 nitrogen and oxygen atoms in total. The monoisotopic (exact) mass is 425 g/mol. The lowest BCUT2D eigenvalue weighted by atomic mass is 9.86. The number of aryl methyl sites for hydroxylation is 1. The van der Waals surface area contributed by atoms with E-state index < -0.39 is 9.84 Å². The molecule has 2 aromatic carbocycles. The Morgan fingerprint density at radius 1 is 1.07 bits per heavy atom. The van der Waals surface area contributed by atoms with Crippen LogP contribution in [0.1, 0.15) is 49.4 Å². The molecular formula is C25H31NO3S. The molecular weight excluding hydrogens is 394 g/mol. The second-order valence-corrected chi connectivity index (χ2v) is 11.4. The summed E-state index contributed by atoms with van der Waals surface area (Å²) >= 11 is 0. The fraction of sp³-hybridized carbons (Fsp3) is 0.400. The molecule has 30 heavy (non-hydrogen) atoms. The molecule has 3 rings (SSSR count). The Labute approximate surface area is 180 Å². The highest BCUT2D eigenvalue weighted by atomic mass is 32.2. The fourth-order valence-corrected chi connectivity index (χ4v) is 5.39. The van der Waals surface area contributed by atoms with E-state index in [0.717, 1.165) is 16.7 Å². The minimum Gasteiger partial charge on any atom is -0.331 e. The Balaban J connectivity index is 1.81. The number of hydrogen-bond donors (Lipinski definition) is 0. The Hall–Kier alpha value is -2.40. The quantitative estimate of drug-likeness (QED) is 0.662. The van der Waals surface area contributed by atoms with Crippen LogP contribution in [0.4, 0.5) is 0 Å². The molecule has 1 saturated heterocycles. The van der Waals surface area contributed by atoms with Gasteiger partial charge < -0.3 is 4.90 Å². The summed E-state index contributed by atoms with van der Waals surface area (Å²) in [4.78, 5) is 14.8. The SMILES string of the molecule is Cc1ccc(C=CC(=O)N(Cc2ccc(C(C)(C)C)cc2)C2CCS(=O)(=O)C2)cc1. The number of carbonyl (C=O) groups is 1. The number of benzene rings is 2. The predicted molar refractivity (Wildman–Crippen MR) is 123 cm³/mol. The maximum absolute atomic E-state index is 13.1. The number of carbonyl (C=O) groups excluding carboxylic acids is 1. The standard InChI is InChI=1S/C25H31NO3S/c1-19-5-7-20(8-6-19)11-14-24(27)26(23-15-16-30(28,29)18-23)17-21-9-12-22(13-10-21)25(2,3)4/h5-14,23H,15-18H2,1-4H3. The van der Waals surface area contributed by atoms with Crippen LogP contribution in [0, 0.1) is 6.92 Å². The highest BCUT2D eigenvalue weighted by Crippen LogP contribution is 2.24. The van der Waals surface area contributed by atoms with Crippen LogP contribution in [0.25, 0.3) is 6.08 Å². The lowest BCUT2D eigenvalue weighted by Crippen LogP contribution is -2.39. The van der Waals surface area contributed by atoms with Crippen molar-refractivity contribution < 1.29 is 13.2 Å². The lowest BCUT2D eigenvalue weighted by Gasteiger charge is -2.28. The second-order valence-electron chi connectivity index (χ2n) is 9.21. The zero-order valence-electron chi connectivity index (χ0n) is 18.3. The van der Waals surface area contributed by atoms with Crippen molar-refractivity contribution in [3.63, 3.8) is 0 Å². The smallest absolute Gasteiger partial charge is 0.247 e. The predicted octanol–water partition coefficient (Wildman–Crippen LogP) is 4.52. The fourth-order valence-electron chi connectivity index (χ4n) is 3.66. The Bertz CT molecular complexity index is 1010. The molecule has 1 heterocycles. The van der Waals surface area contributed by atoms with E-state index in [0.29, 0.717) is 13.0 Å². The summed E-state index contributed by atoms with van der Waals surface area (Å²) in [5.74, 6) is 0.0288. The minimum atomic E-state index is -3.08. The van der Waals surface area contributed by atoms with Crippen LogP contribution in [0.3, 0.4) is 0 Å². The summed E-state index contributed by atoms with van der Waals surface area (Å²) in [7, 11) is -3.08. The molecule has 0 spiro atoms. The van der Waals surface area contributed by atoms with Gasteiger partial charge in [0.1, 0.15) is 0 Å². The first kappa shape index (κ1) is 22.3. The third-order valence-corrected chi connectivity index (χ3v) is 7.35. The van der Waals surface area contributed by atoms with Gasteiger partial charge in [-0.1, -0.05) is 74.9 Å². The molecule has 1 amide bonds. The summed E-state index contributed by atoms with van der Waals surface area (Å²) in [6.07, 6.45) is 3.84. The third-order valence-electron chi connectivity index (χ3n) is 5.60. The van der Waals surface area contributed by atoms with Crippen molar-refractivity contribution in [2.45, 2.75) is 52.1 Å². The zero-order chi connectivity index (χ0) is 21.9. The molecule has 0 N–H and O–H groups in total. The number of amides is 1. The Morgan fingerprint density at radius 2 is 1.70 bits per heavy atom. The van der Waals surface area contributed by atoms with Gasteiger partial charge in [0.15, 0.2) is 9.84 Å². The van der Waals surface area contributed by atoms with E-state index in [-0.39, 0.29) is 28.9 Å². The summed E-state index contributed by atoms with van der Waals surface area (Å²) in [6, 6.07) is 15.9. The lowest BCUT2D eigenvalue weighted by molar-refractivity contribution is -0.128. The van der Waals surface area contributed by atoms with Gasteiger partial charge in [0, 0.05) is 18.7 Å². The topological polar surface area (TPSA) is 54.5 Å². The van der Waals surface area contributed by atoms with Crippen LogP contribution in [0.5, 0.6) is 0 Å². The average molecular weight is 426 g/mol. The molecule has 1 atom stereocenters. The normalized spacial score (nSPS) is 18.6. The maximum Gasteiger partial charge on any atom is 0.247 e. The second kappa shape index (κ2) is 8.76. The molecule has 5 heteroatoms. The van der Waals surface area contributed by atoms with Crippen molar-refractivity contribution in [3.8, 4) is 0 Å². The molecule has 1 aliphatic heterocycles. The van der Waals surface area contributed by atoms with Crippen LogP contribution in [-0.2, 0) is 26.6 Å². The van der Waals surface area contributed by atoms with Crippen LogP contribution in [0.2, 0.25) is 0 Å². The van der Waals surface area contributed by atoms with Crippen LogP contribution in [-0.4, -0.2) is 36.8 Å². The molecule has 0 aromatic heterocycles. The van der Waals surface area contributed by atoms with Gasteiger partial charge in [-0.25, -0.2) is 8.42 Å². The number of nitrogens with zero attached hydrogens (tertiary/aromatic N) is 1. The van der Waals surface area contributed by atoms with Gasteiger partial charge in [-0.3, -0.25) is 4.79 Å². The van der Waals surface area contributed by atoms with Gasteiger partial charge in [-0.15, -0.1) is 0 Å². The highest BCUT2D eigenvalue weighted by Gasteiger charge is 2.34. The van der Waals surface area contributed by atoms with Crippen molar-refractivity contribution in [1.29, 1.82) is 0 Å². The zero-order valence-corrected chi connectivity index (χ0v) is 19.1. The summed E-state index contributed by atoms with van der Waals surface area (Å²) in [5.41, 5.74) is 4.40. The van der Waals surface area contributed by atoms with E-state index in [4.69, 9.17) is 0 Å². The van der Waals surface area contributed by atoms with Gasteiger partial charge in [0.25, 0.3) is 0 Å². The van der Waals surface area contributed by atoms with E-state index in [9.17, 15) is 13.2 Å². The van der Waals surface area contributed by atoms with Crippen LogP contribution >= 0.6 is 0 Å². The molecule has 0 aliphatic carbocycles. The molecule has 0 bridgehead atoms. The van der Waals surface area contributed by atoms with Gasteiger partial charge in [0.05, 0.1) is 11.5 Å². The maximum atomic E-state index is 13.1. The molecule has 160 valence electrons. The summed E-state index contributed by atoms with van der Waals surface area (Å²) in [5, 5.41) is 0. The van der Waals surface area contributed by atoms with Gasteiger partial charge in [-0.2, -0.15) is 0 Å². The number of hydrogen-bond acceptors (Lipinski definition) is 3. The van der Waals surface area contributed by atoms with E-state index >= 15 is 0 Å².